The van der Waals surface area contributed by atoms with Crippen LogP contribution in [0.1, 0.15) is 25.0 Å². The SMILES string of the molecule is CC(C)=CCOc1ccc(C2=C(Cc3ccccc3)C(=O)N(O)C2=O)cc1. The van der Waals surface area contributed by atoms with Crippen molar-refractivity contribution in [3.8, 4) is 5.75 Å². The molecule has 2 amide bonds. The molecule has 0 aromatic heterocycles. The minimum Gasteiger partial charge on any atom is -0.490 e. The van der Waals surface area contributed by atoms with Crippen molar-refractivity contribution >= 4 is 17.4 Å². The van der Waals surface area contributed by atoms with Gasteiger partial charge in [0.05, 0.1) is 5.57 Å². The van der Waals surface area contributed by atoms with Gasteiger partial charge in [0.2, 0.25) is 0 Å². The molecule has 1 aliphatic heterocycles. The van der Waals surface area contributed by atoms with Crippen molar-refractivity contribution in [1.82, 2.24) is 5.06 Å². The Kier molecular flexibility index (Phi) is 5.52. The number of rotatable bonds is 6. The summed E-state index contributed by atoms with van der Waals surface area (Å²) < 4.78 is 5.62. The summed E-state index contributed by atoms with van der Waals surface area (Å²) in [6.45, 7) is 4.46. The lowest BCUT2D eigenvalue weighted by atomic mass is 9.96. The lowest BCUT2D eigenvalue weighted by Crippen LogP contribution is -2.27. The highest BCUT2D eigenvalue weighted by Gasteiger charge is 2.38. The number of benzene rings is 2. The molecule has 0 atom stereocenters. The average Bonchev–Trinajstić information content (AvgIpc) is 2.87. The molecule has 0 fully saturated rings. The lowest BCUT2D eigenvalue weighted by Gasteiger charge is -2.07. The van der Waals surface area contributed by atoms with E-state index in [1.807, 2.05) is 50.3 Å². The second-order valence-electron chi connectivity index (χ2n) is 6.55. The Morgan fingerprint density at radius 2 is 1.67 bits per heavy atom. The molecule has 0 spiro atoms. The summed E-state index contributed by atoms with van der Waals surface area (Å²) in [4.78, 5) is 24.7. The van der Waals surface area contributed by atoms with Crippen LogP contribution in [0.2, 0.25) is 0 Å². The summed E-state index contributed by atoms with van der Waals surface area (Å²) in [5.74, 6) is -0.717. The van der Waals surface area contributed by atoms with Crippen LogP contribution in [0.4, 0.5) is 0 Å². The molecule has 0 aliphatic carbocycles. The third-order valence-corrected chi connectivity index (χ3v) is 4.27. The van der Waals surface area contributed by atoms with Crippen molar-refractivity contribution in [3.63, 3.8) is 0 Å². The number of hydrogen-bond acceptors (Lipinski definition) is 4. The molecule has 1 heterocycles. The van der Waals surface area contributed by atoms with Gasteiger partial charge in [-0.25, -0.2) is 0 Å². The molecule has 0 saturated carbocycles. The molecule has 0 unspecified atom stereocenters. The predicted octanol–water partition coefficient (Wildman–Crippen LogP) is 3.79. The molecule has 5 heteroatoms. The summed E-state index contributed by atoms with van der Waals surface area (Å²) in [6.07, 6.45) is 2.24. The zero-order valence-corrected chi connectivity index (χ0v) is 15.3. The number of hydrogen-bond donors (Lipinski definition) is 1. The minimum absolute atomic E-state index is 0.187. The van der Waals surface area contributed by atoms with E-state index in [9.17, 15) is 14.8 Å². The fraction of sp³-hybridized carbons (Fsp3) is 0.182. The van der Waals surface area contributed by atoms with E-state index in [1.54, 1.807) is 24.3 Å². The van der Waals surface area contributed by atoms with Gasteiger partial charge in [-0.05, 0) is 43.2 Å². The predicted molar refractivity (Wildman–Crippen MR) is 102 cm³/mol. The first-order valence-electron chi connectivity index (χ1n) is 8.68. The highest BCUT2D eigenvalue weighted by molar-refractivity contribution is 6.35. The van der Waals surface area contributed by atoms with E-state index in [1.165, 1.54) is 5.57 Å². The normalized spacial score (nSPS) is 14.0. The second kappa shape index (κ2) is 8.01. The quantitative estimate of drug-likeness (QED) is 0.482. The van der Waals surface area contributed by atoms with Gasteiger partial charge in [0, 0.05) is 12.0 Å². The number of ether oxygens (including phenoxy) is 1. The smallest absolute Gasteiger partial charge is 0.285 e. The van der Waals surface area contributed by atoms with Crippen LogP contribution in [-0.4, -0.2) is 28.7 Å². The molecule has 2 aromatic carbocycles. The Bertz CT molecular complexity index is 907. The van der Waals surface area contributed by atoms with Gasteiger partial charge in [0.15, 0.2) is 0 Å². The molecule has 1 N–H and O–H groups in total. The van der Waals surface area contributed by atoms with Gasteiger partial charge in [0.1, 0.15) is 12.4 Å². The van der Waals surface area contributed by atoms with Crippen LogP contribution < -0.4 is 4.74 Å². The van der Waals surface area contributed by atoms with Gasteiger partial charge in [-0.2, -0.15) is 0 Å². The number of carbonyl (C=O) groups is 2. The Balaban J connectivity index is 1.89. The topological polar surface area (TPSA) is 66.8 Å². The van der Waals surface area contributed by atoms with Gasteiger partial charge in [0.25, 0.3) is 11.8 Å². The lowest BCUT2D eigenvalue weighted by molar-refractivity contribution is -0.169. The summed E-state index contributed by atoms with van der Waals surface area (Å²) >= 11 is 0. The van der Waals surface area contributed by atoms with Gasteiger partial charge in [-0.3, -0.25) is 14.8 Å². The standard InChI is InChI=1S/C22H21NO4/c1-15(2)12-13-27-18-10-8-17(9-11-18)20-19(21(24)23(26)22(20)25)14-16-6-4-3-5-7-16/h3-12,26H,13-14H2,1-2H3. The van der Waals surface area contributed by atoms with E-state index >= 15 is 0 Å². The van der Waals surface area contributed by atoms with E-state index in [2.05, 4.69) is 0 Å². The second-order valence-corrected chi connectivity index (χ2v) is 6.55. The minimum atomic E-state index is -0.704. The highest BCUT2D eigenvalue weighted by atomic mass is 16.5. The van der Waals surface area contributed by atoms with E-state index < -0.39 is 11.8 Å². The molecule has 0 bridgehead atoms. The number of nitrogens with zero attached hydrogens (tertiary/aromatic N) is 1. The number of hydroxylamine groups is 2. The van der Waals surface area contributed by atoms with Crippen LogP contribution in [0.25, 0.3) is 5.57 Å². The maximum absolute atomic E-state index is 12.4. The first-order valence-corrected chi connectivity index (χ1v) is 8.68. The van der Waals surface area contributed by atoms with Crippen molar-refractivity contribution in [1.29, 1.82) is 0 Å². The number of allylic oxidation sites excluding steroid dienone is 1. The van der Waals surface area contributed by atoms with E-state index in [-0.39, 0.29) is 22.6 Å². The average molecular weight is 363 g/mol. The van der Waals surface area contributed by atoms with Crippen molar-refractivity contribution in [3.05, 3.63) is 82.9 Å². The van der Waals surface area contributed by atoms with Crippen LogP contribution in [-0.2, 0) is 16.0 Å². The zero-order valence-electron chi connectivity index (χ0n) is 15.3. The van der Waals surface area contributed by atoms with Crippen LogP contribution in [0.3, 0.4) is 0 Å². The van der Waals surface area contributed by atoms with E-state index in [0.29, 0.717) is 17.9 Å². The maximum atomic E-state index is 12.4. The Hall–Kier alpha value is -3.18. The summed E-state index contributed by atoms with van der Waals surface area (Å²) in [5.41, 5.74) is 3.14. The van der Waals surface area contributed by atoms with Crippen molar-refractivity contribution in [2.75, 3.05) is 6.61 Å². The summed E-state index contributed by atoms with van der Waals surface area (Å²) in [6, 6.07) is 16.3. The first kappa shape index (κ1) is 18.6. The number of amides is 2. The Labute approximate surface area is 158 Å². The molecule has 27 heavy (non-hydrogen) atoms. The van der Waals surface area contributed by atoms with Gasteiger partial charge in [-0.15, -0.1) is 5.06 Å². The largest absolute Gasteiger partial charge is 0.490 e. The summed E-state index contributed by atoms with van der Waals surface area (Å²) in [5, 5.41) is 10.0. The van der Waals surface area contributed by atoms with Gasteiger partial charge < -0.3 is 4.74 Å². The first-order chi connectivity index (χ1) is 13.0. The van der Waals surface area contributed by atoms with Crippen molar-refractivity contribution < 1.29 is 19.5 Å². The molecule has 5 nitrogen and oxygen atoms in total. The molecule has 2 aromatic rings. The van der Waals surface area contributed by atoms with Crippen LogP contribution >= 0.6 is 0 Å². The number of carbonyl (C=O) groups excluding carboxylic acids is 2. The zero-order chi connectivity index (χ0) is 19.4. The molecular formula is C22H21NO4. The van der Waals surface area contributed by atoms with Crippen molar-refractivity contribution in [2.45, 2.75) is 20.3 Å². The third-order valence-electron chi connectivity index (χ3n) is 4.27. The molecule has 1 aliphatic rings. The highest BCUT2D eigenvalue weighted by Crippen LogP contribution is 2.31. The van der Waals surface area contributed by atoms with Crippen LogP contribution in [0.15, 0.2) is 71.8 Å². The van der Waals surface area contributed by atoms with E-state index in [4.69, 9.17) is 4.74 Å². The monoisotopic (exact) mass is 363 g/mol. The maximum Gasteiger partial charge on any atom is 0.285 e. The molecule has 3 rings (SSSR count). The third kappa shape index (κ3) is 4.15. The fourth-order valence-corrected chi connectivity index (χ4v) is 2.85. The summed E-state index contributed by atoms with van der Waals surface area (Å²) in [7, 11) is 0. The Morgan fingerprint density at radius 1 is 1.00 bits per heavy atom. The van der Waals surface area contributed by atoms with E-state index in [0.717, 1.165) is 5.56 Å². The number of imide groups is 1. The van der Waals surface area contributed by atoms with Gasteiger partial charge >= 0.3 is 0 Å². The molecule has 0 saturated heterocycles. The van der Waals surface area contributed by atoms with Crippen LogP contribution in [0.5, 0.6) is 5.75 Å². The van der Waals surface area contributed by atoms with Gasteiger partial charge in [-0.1, -0.05) is 48.0 Å². The molecular weight excluding hydrogens is 342 g/mol. The van der Waals surface area contributed by atoms with Crippen molar-refractivity contribution in [2.24, 2.45) is 0 Å². The fourth-order valence-electron chi connectivity index (χ4n) is 2.85. The molecule has 138 valence electrons. The Morgan fingerprint density at radius 3 is 2.30 bits per heavy atom. The van der Waals surface area contributed by atoms with Crippen LogP contribution in [0, 0.1) is 0 Å². The molecule has 0 radical (unpaired) electrons.